The molecule has 3 fully saturated rings. The second-order valence-corrected chi connectivity index (χ2v) is 13.4. The van der Waals surface area contributed by atoms with Crippen LogP contribution in [0.15, 0.2) is 85.6 Å². The van der Waals surface area contributed by atoms with E-state index in [4.69, 9.17) is 21.7 Å². The van der Waals surface area contributed by atoms with Gasteiger partial charge in [0, 0.05) is 41.6 Å². The van der Waals surface area contributed by atoms with Gasteiger partial charge in [0.05, 0.1) is 44.0 Å². The molecule has 4 heterocycles. The molecule has 3 aromatic carbocycles. The van der Waals surface area contributed by atoms with Crippen molar-refractivity contribution in [2.75, 3.05) is 32.6 Å². The van der Waals surface area contributed by atoms with Gasteiger partial charge in [-0.1, -0.05) is 18.2 Å². The maximum Gasteiger partial charge on any atom is 0.416 e. The van der Waals surface area contributed by atoms with Crippen LogP contribution >= 0.6 is 12.2 Å². The van der Waals surface area contributed by atoms with Crippen molar-refractivity contribution in [3.8, 4) is 11.5 Å². The van der Waals surface area contributed by atoms with E-state index in [1.807, 2.05) is 48.5 Å². The Morgan fingerprint density at radius 2 is 1.72 bits per heavy atom. The number of nitrogens with zero attached hydrogens (tertiary/aromatic N) is 2. The molecule has 0 aliphatic carbocycles. The fourth-order valence-corrected chi connectivity index (χ4v) is 8.08. The van der Waals surface area contributed by atoms with Gasteiger partial charge in [0.2, 0.25) is 0 Å². The van der Waals surface area contributed by atoms with Crippen molar-refractivity contribution < 1.29 is 40.3 Å². The molecule has 0 radical (unpaired) electrons. The zero-order chi connectivity index (χ0) is 35.8. The van der Waals surface area contributed by atoms with Crippen LogP contribution in [0, 0.1) is 11.8 Å². The lowest BCUT2D eigenvalue weighted by Crippen LogP contribution is -2.69. The molecule has 0 amide bonds. The summed E-state index contributed by atoms with van der Waals surface area (Å²) >= 11 is 5.70. The van der Waals surface area contributed by atoms with Crippen LogP contribution in [0.1, 0.15) is 41.1 Å². The molecule has 2 N–H and O–H groups in total. The van der Waals surface area contributed by atoms with Crippen molar-refractivity contribution in [3.05, 3.63) is 108 Å². The molecule has 0 unspecified atom stereocenters. The van der Waals surface area contributed by atoms with E-state index in [9.17, 15) is 26.3 Å². The Balaban J connectivity index is 1.46. The van der Waals surface area contributed by atoms with Gasteiger partial charge >= 0.3 is 12.4 Å². The van der Waals surface area contributed by atoms with Crippen LogP contribution in [-0.4, -0.2) is 47.9 Å². The van der Waals surface area contributed by atoms with E-state index in [0.717, 1.165) is 48.2 Å². The summed E-state index contributed by atoms with van der Waals surface area (Å²) < 4.78 is 94.1. The number of aromatic nitrogens is 1. The summed E-state index contributed by atoms with van der Waals surface area (Å²) in [4.78, 5) is 4.56. The maximum atomic E-state index is 13.7. The van der Waals surface area contributed by atoms with Crippen LogP contribution in [0.3, 0.4) is 0 Å². The molecule has 3 aliphatic rings. The lowest BCUT2D eigenvalue weighted by atomic mass is 9.70. The topological polar surface area (TPSA) is 55.4 Å². The fraction of sp³-hybridized carbons (Fsp3) is 0.351. The van der Waals surface area contributed by atoms with Gasteiger partial charge in [-0.2, -0.15) is 26.3 Å². The molecule has 0 saturated carbocycles. The van der Waals surface area contributed by atoms with Crippen molar-refractivity contribution in [1.29, 1.82) is 0 Å². The number of rotatable bonds is 9. The van der Waals surface area contributed by atoms with Crippen molar-refractivity contribution in [2.24, 2.45) is 11.8 Å². The molecule has 3 aliphatic heterocycles. The lowest BCUT2D eigenvalue weighted by molar-refractivity contribution is -0.983. The smallest absolute Gasteiger partial charge is 0.416 e. The Hall–Kier alpha value is -4.36. The average molecular weight is 716 g/mol. The molecule has 2 bridgehead atoms. The summed E-state index contributed by atoms with van der Waals surface area (Å²) in [7, 11) is 3.19. The first-order valence-corrected chi connectivity index (χ1v) is 16.6. The van der Waals surface area contributed by atoms with E-state index in [0.29, 0.717) is 40.3 Å². The SMILES string of the molecule is C=C[C@H]1C[N@+]2(Cc3ccccc3OC)CC[C@H]1C[C@@H]2[C@@H](NC(=S)Nc1cc(C(F)(F)F)cc(C(F)(F)F)c1)c1ccnc2ccc(OC)cc12. The van der Waals surface area contributed by atoms with E-state index in [1.54, 1.807) is 26.5 Å². The number of pyridine rings is 1. The van der Waals surface area contributed by atoms with Crippen molar-refractivity contribution in [3.63, 3.8) is 0 Å². The fourth-order valence-electron chi connectivity index (χ4n) is 7.84. The summed E-state index contributed by atoms with van der Waals surface area (Å²) in [6.07, 6.45) is -4.58. The summed E-state index contributed by atoms with van der Waals surface area (Å²) in [5.41, 5.74) is -0.767. The number of nitrogens with one attached hydrogen (secondary N) is 2. The molecule has 1 aromatic heterocycles. The molecule has 13 heteroatoms. The van der Waals surface area contributed by atoms with Gasteiger partial charge in [-0.15, -0.1) is 6.58 Å². The molecule has 5 atom stereocenters. The van der Waals surface area contributed by atoms with Gasteiger partial charge in [-0.05, 0) is 78.3 Å². The normalized spacial score (nSPS) is 22.5. The van der Waals surface area contributed by atoms with Crippen LogP contribution in [0.25, 0.3) is 10.9 Å². The van der Waals surface area contributed by atoms with Crippen molar-refractivity contribution in [2.45, 2.75) is 43.8 Å². The first-order valence-electron chi connectivity index (χ1n) is 16.1. The second kappa shape index (κ2) is 13.7. The van der Waals surface area contributed by atoms with Gasteiger partial charge in [0.15, 0.2) is 5.11 Å². The summed E-state index contributed by atoms with van der Waals surface area (Å²) in [6.45, 7) is 6.39. The third-order valence-corrected chi connectivity index (χ3v) is 10.4. The zero-order valence-electron chi connectivity index (χ0n) is 27.4. The van der Waals surface area contributed by atoms with Crippen molar-refractivity contribution in [1.82, 2.24) is 10.3 Å². The van der Waals surface area contributed by atoms with E-state index in [1.165, 1.54) is 0 Å². The van der Waals surface area contributed by atoms with Gasteiger partial charge < -0.3 is 24.6 Å². The number of alkyl halides is 6. The highest BCUT2D eigenvalue weighted by atomic mass is 32.1. The molecule has 50 heavy (non-hydrogen) atoms. The van der Waals surface area contributed by atoms with Gasteiger partial charge in [-0.25, -0.2) is 0 Å². The first kappa shape index (κ1) is 35.5. The molecule has 6 nitrogen and oxygen atoms in total. The number of thiocarbonyl (C=S) groups is 1. The Labute approximate surface area is 291 Å². The standard InChI is InChI=1S/C37H36F6N4O2S/c1-4-22-20-47(21-24-7-5-6-8-33(24)49-3)14-12-23(22)15-32(47)34(29-11-13-44-31-10-9-28(48-2)19-30(29)31)46-35(50)45-27-17-25(36(38,39)40)16-26(18-27)37(41,42)43/h4-11,13,16-19,22-23,32,34H,1,12,14-15,20-21H2,2-3H3,(H-,45,46,50)/p+1/t22-,23-,32+,34-,47-/m0/s1. The number of para-hydroxylation sites is 1. The number of piperidine rings is 3. The minimum Gasteiger partial charge on any atom is -0.497 e. The van der Waals surface area contributed by atoms with Gasteiger partial charge in [0.1, 0.15) is 30.1 Å². The van der Waals surface area contributed by atoms with E-state index in [-0.39, 0.29) is 23.1 Å². The van der Waals surface area contributed by atoms with E-state index in [2.05, 4.69) is 22.2 Å². The van der Waals surface area contributed by atoms with E-state index < -0.39 is 35.2 Å². The Morgan fingerprint density at radius 3 is 2.38 bits per heavy atom. The number of hydrogen-bond acceptors (Lipinski definition) is 4. The van der Waals surface area contributed by atoms with Crippen LogP contribution in [-0.2, 0) is 18.9 Å². The predicted molar refractivity (Wildman–Crippen MR) is 184 cm³/mol. The minimum atomic E-state index is -5.00. The highest BCUT2D eigenvalue weighted by Crippen LogP contribution is 2.49. The van der Waals surface area contributed by atoms with Gasteiger partial charge in [-0.3, -0.25) is 4.98 Å². The monoisotopic (exact) mass is 715 g/mol. The third-order valence-electron chi connectivity index (χ3n) is 10.2. The zero-order valence-corrected chi connectivity index (χ0v) is 28.3. The van der Waals surface area contributed by atoms with Crippen LogP contribution in [0.5, 0.6) is 11.5 Å². The second-order valence-electron chi connectivity index (χ2n) is 13.0. The third kappa shape index (κ3) is 7.11. The first-order chi connectivity index (χ1) is 23.7. The number of hydrogen-bond donors (Lipinski definition) is 2. The van der Waals surface area contributed by atoms with Crippen molar-refractivity contribution >= 4 is 33.9 Å². The number of benzene rings is 3. The minimum absolute atomic E-state index is 0.0921. The van der Waals surface area contributed by atoms with E-state index >= 15 is 0 Å². The summed E-state index contributed by atoms with van der Waals surface area (Å²) in [5, 5.41) is 6.69. The number of quaternary nitrogens is 1. The molecule has 264 valence electrons. The molecule has 3 saturated heterocycles. The molecule has 7 rings (SSSR count). The highest BCUT2D eigenvalue weighted by Gasteiger charge is 2.54. The Kier molecular flexibility index (Phi) is 9.75. The number of ether oxygens (including phenoxy) is 2. The highest BCUT2D eigenvalue weighted by molar-refractivity contribution is 7.80. The number of methoxy groups -OCH3 is 2. The number of halogens is 6. The Bertz CT molecular complexity index is 1870. The average Bonchev–Trinajstić information content (AvgIpc) is 3.09. The molecule has 4 aromatic rings. The number of fused-ring (bicyclic) bond motifs is 4. The lowest BCUT2D eigenvalue weighted by Gasteiger charge is -2.59. The number of anilines is 1. The summed E-state index contributed by atoms with van der Waals surface area (Å²) in [6, 6.07) is 15.9. The molecular formula is C37H37F6N4O2S+. The van der Waals surface area contributed by atoms with Crippen LogP contribution in [0.2, 0.25) is 0 Å². The molecular weight excluding hydrogens is 678 g/mol. The molecule has 0 spiro atoms. The quantitative estimate of drug-likeness (QED) is 0.0782. The van der Waals surface area contributed by atoms with Crippen LogP contribution < -0.4 is 20.1 Å². The summed E-state index contributed by atoms with van der Waals surface area (Å²) in [5.74, 6) is 1.93. The Morgan fingerprint density at radius 1 is 1.00 bits per heavy atom. The van der Waals surface area contributed by atoms with Crippen LogP contribution in [0.4, 0.5) is 32.0 Å². The maximum absolute atomic E-state index is 13.7. The van der Waals surface area contributed by atoms with Gasteiger partial charge in [0.25, 0.3) is 0 Å². The largest absolute Gasteiger partial charge is 0.497 e. The predicted octanol–water partition coefficient (Wildman–Crippen LogP) is 8.93.